The first-order valence-corrected chi connectivity index (χ1v) is 16.7. The summed E-state index contributed by atoms with van der Waals surface area (Å²) in [4.78, 5) is 35.2. The molecule has 1 saturated heterocycles. The van der Waals surface area contributed by atoms with Gasteiger partial charge in [0.1, 0.15) is 6.04 Å². The van der Waals surface area contributed by atoms with Gasteiger partial charge in [0.15, 0.2) is 0 Å². The van der Waals surface area contributed by atoms with Gasteiger partial charge in [0.05, 0.1) is 6.54 Å². The quantitative estimate of drug-likeness (QED) is 0.275. The lowest BCUT2D eigenvalue weighted by Gasteiger charge is -2.40. The number of benzene rings is 2. The van der Waals surface area contributed by atoms with Crippen molar-refractivity contribution in [2.24, 2.45) is 0 Å². The molecule has 1 atom stereocenters. The Morgan fingerprint density at radius 3 is 2.28 bits per heavy atom. The van der Waals surface area contributed by atoms with E-state index in [2.05, 4.69) is 64.4 Å². The molecule has 1 aliphatic carbocycles. The standard InChI is InChI=1S/C36H51N5O2/c1-4-27-20-26(21-28(5-2)31(27)6-3)23-38-36(43)34(22-29-24-37-33-15-11-10-14-32(29)33)39-35(42)25-40-16-18-41(19-17-40)30-12-8-7-9-13-30/h10-11,14-15,20-21,24,30,34,37H,4-9,12-13,16-19,22-23,25H2,1-3H3,(H,38,43)(H,39,42). The molecule has 1 saturated carbocycles. The highest BCUT2D eigenvalue weighted by Crippen LogP contribution is 2.24. The van der Waals surface area contributed by atoms with E-state index in [4.69, 9.17) is 0 Å². The van der Waals surface area contributed by atoms with Gasteiger partial charge >= 0.3 is 0 Å². The summed E-state index contributed by atoms with van der Waals surface area (Å²) in [5, 5.41) is 7.37. The molecule has 2 amide bonds. The molecule has 7 heteroatoms. The number of carbonyl (C=O) groups is 2. The third-order valence-electron chi connectivity index (χ3n) is 9.69. The highest BCUT2D eigenvalue weighted by molar-refractivity contribution is 5.90. The summed E-state index contributed by atoms with van der Waals surface area (Å²) in [5.74, 6) is -0.226. The van der Waals surface area contributed by atoms with Crippen molar-refractivity contribution in [2.45, 2.75) is 97.2 Å². The van der Waals surface area contributed by atoms with Crippen molar-refractivity contribution >= 4 is 22.7 Å². The monoisotopic (exact) mass is 585 g/mol. The van der Waals surface area contributed by atoms with Crippen molar-refractivity contribution in [3.05, 3.63) is 70.4 Å². The van der Waals surface area contributed by atoms with Gasteiger partial charge < -0.3 is 15.6 Å². The third-order valence-corrected chi connectivity index (χ3v) is 9.69. The molecule has 5 rings (SSSR count). The Kier molecular flexibility index (Phi) is 10.9. The molecule has 7 nitrogen and oxygen atoms in total. The Morgan fingerprint density at radius 1 is 0.907 bits per heavy atom. The summed E-state index contributed by atoms with van der Waals surface area (Å²) >= 11 is 0. The first kappa shape index (κ1) is 31.3. The van der Waals surface area contributed by atoms with Gasteiger partial charge in [-0.05, 0) is 66.0 Å². The SMILES string of the molecule is CCc1cc(CNC(=O)C(Cc2c[nH]c3ccccc23)NC(=O)CN2CCN(C3CCCCC3)CC2)cc(CC)c1CC. The number of aryl methyl sites for hydroxylation is 2. The molecule has 3 N–H and O–H groups in total. The normalized spacial score (nSPS) is 17.7. The van der Waals surface area contributed by atoms with Gasteiger partial charge in [-0.3, -0.25) is 19.4 Å². The van der Waals surface area contributed by atoms with Crippen LogP contribution in [0.3, 0.4) is 0 Å². The number of aromatic nitrogens is 1. The summed E-state index contributed by atoms with van der Waals surface area (Å²) in [7, 11) is 0. The second kappa shape index (κ2) is 15.0. The summed E-state index contributed by atoms with van der Waals surface area (Å²) in [6.07, 6.45) is 12.1. The van der Waals surface area contributed by atoms with Crippen molar-refractivity contribution in [3.63, 3.8) is 0 Å². The van der Waals surface area contributed by atoms with E-state index in [9.17, 15) is 9.59 Å². The number of nitrogens with zero attached hydrogens (tertiary/aromatic N) is 2. The van der Waals surface area contributed by atoms with Crippen LogP contribution < -0.4 is 10.6 Å². The highest BCUT2D eigenvalue weighted by Gasteiger charge is 2.28. The van der Waals surface area contributed by atoms with Gasteiger partial charge in [-0.1, -0.05) is 70.4 Å². The minimum Gasteiger partial charge on any atom is -0.361 e. The minimum atomic E-state index is -0.651. The topological polar surface area (TPSA) is 80.5 Å². The average molecular weight is 586 g/mol. The predicted molar refractivity (Wildman–Crippen MR) is 175 cm³/mol. The Bertz CT molecular complexity index is 1340. The summed E-state index contributed by atoms with van der Waals surface area (Å²) in [6.45, 7) is 11.2. The number of para-hydroxylation sites is 1. The van der Waals surface area contributed by atoms with Crippen LogP contribution in [0.1, 0.15) is 80.7 Å². The van der Waals surface area contributed by atoms with Crippen LogP contribution in [-0.4, -0.2) is 71.4 Å². The van der Waals surface area contributed by atoms with Crippen molar-refractivity contribution in [3.8, 4) is 0 Å². The smallest absolute Gasteiger partial charge is 0.243 e. The molecular formula is C36H51N5O2. The molecule has 2 aliphatic rings. The molecule has 2 heterocycles. The molecule has 1 aromatic heterocycles. The molecule has 1 unspecified atom stereocenters. The number of H-pyrrole nitrogens is 1. The maximum Gasteiger partial charge on any atom is 0.243 e. The van der Waals surface area contributed by atoms with Crippen LogP contribution in [0.5, 0.6) is 0 Å². The number of amides is 2. The second-order valence-electron chi connectivity index (χ2n) is 12.5. The van der Waals surface area contributed by atoms with Crippen LogP contribution >= 0.6 is 0 Å². The molecule has 0 radical (unpaired) electrons. The number of hydrogen-bond donors (Lipinski definition) is 3. The van der Waals surface area contributed by atoms with Gasteiger partial charge in [0.2, 0.25) is 11.8 Å². The van der Waals surface area contributed by atoms with E-state index in [0.717, 1.165) is 67.5 Å². The predicted octanol–water partition coefficient (Wildman–Crippen LogP) is 5.15. The number of piperazine rings is 1. The zero-order valence-electron chi connectivity index (χ0n) is 26.5. The first-order chi connectivity index (χ1) is 21.0. The highest BCUT2D eigenvalue weighted by atomic mass is 16.2. The largest absolute Gasteiger partial charge is 0.361 e. The molecule has 2 fully saturated rings. The van der Waals surface area contributed by atoms with E-state index < -0.39 is 6.04 Å². The van der Waals surface area contributed by atoms with Gasteiger partial charge in [-0.25, -0.2) is 0 Å². The van der Waals surface area contributed by atoms with Crippen LogP contribution in [0.25, 0.3) is 10.9 Å². The number of fused-ring (bicyclic) bond motifs is 1. The van der Waals surface area contributed by atoms with Gasteiger partial charge in [0, 0.05) is 62.3 Å². The number of carbonyl (C=O) groups excluding carboxylic acids is 2. The summed E-state index contributed by atoms with van der Waals surface area (Å²) in [5.41, 5.74) is 7.34. The first-order valence-electron chi connectivity index (χ1n) is 16.7. The average Bonchev–Trinajstić information content (AvgIpc) is 3.46. The number of aromatic amines is 1. The number of hydrogen-bond acceptors (Lipinski definition) is 4. The lowest BCUT2D eigenvalue weighted by molar-refractivity contribution is -0.129. The van der Waals surface area contributed by atoms with E-state index in [0.29, 0.717) is 25.6 Å². The zero-order valence-corrected chi connectivity index (χ0v) is 26.5. The third kappa shape index (κ3) is 7.87. The zero-order chi connectivity index (χ0) is 30.2. The Hall–Kier alpha value is -3.16. The molecule has 43 heavy (non-hydrogen) atoms. The van der Waals surface area contributed by atoms with Crippen LogP contribution in [0, 0.1) is 0 Å². The van der Waals surface area contributed by atoms with Crippen LogP contribution in [-0.2, 0) is 41.8 Å². The van der Waals surface area contributed by atoms with Crippen molar-refractivity contribution in [1.29, 1.82) is 0 Å². The summed E-state index contributed by atoms with van der Waals surface area (Å²) in [6, 6.07) is 12.7. The van der Waals surface area contributed by atoms with E-state index in [1.54, 1.807) is 0 Å². The van der Waals surface area contributed by atoms with Crippen molar-refractivity contribution in [1.82, 2.24) is 25.4 Å². The number of rotatable bonds is 12. The van der Waals surface area contributed by atoms with Crippen molar-refractivity contribution < 1.29 is 9.59 Å². The second-order valence-corrected chi connectivity index (χ2v) is 12.5. The van der Waals surface area contributed by atoms with Gasteiger partial charge in [-0.15, -0.1) is 0 Å². The Morgan fingerprint density at radius 2 is 1.60 bits per heavy atom. The summed E-state index contributed by atoms with van der Waals surface area (Å²) < 4.78 is 0. The molecule has 3 aromatic rings. The lowest BCUT2D eigenvalue weighted by atomic mass is 9.93. The molecule has 0 spiro atoms. The van der Waals surface area contributed by atoms with Gasteiger partial charge in [-0.2, -0.15) is 0 Å². The molecule has 232 valence electrons. The fourth-order valence-corrected chi connectivity index (χ4v) is 7.27. The van der Waals surface area contributed by atoms with E-state index >= 15 is 0 Å². The Balaban J connectivity index is 1.24. The molecule has 2 aromatic carbocycles. The maximum atomic E-state index is 13.7. The van der Waals surface area contributed by atoms with Crippen molar-refractivity contribution in [2.75, 3.05) is 32.7 Å². The van der Waals surface area contributed by atoms with Crippen LogP contribution in [0.15, 0.2) is 42.6 Å². The Labute approximate surface area is 257 Å². The fourth-order valence-electron chi connectivity index (χ4n) is 7.27. The van der Waals surface area contributed by atoms with Crippen LogP contribution in [0.4, 0.5) is 0 Å². The van der Waals surface area contributed by atoms with E-state index in [-0.39, 0.29) is 11.8 Å². The van der Waals surface area contributed by atoms with Crippen LogP contribution in [0.2, 0.25) is 0 Å². The van der Waals surface area contributed by atoms with E-state index in [1.807, 2.05) is 24.4 Å². The maximum absolute atomic E-state index is 13.7. The van der Waals surface area contributed by atoms with E-state index in [1.165, 1.54) is 48.8 Å². The number of nitrogens with one attached hydrogen (secondary N) is 3. The molecule has 0 bridgehead atoms. The molecule has 1 aliphatic heterocycles. The molecular weight excluding hydrogens is 534 g/mol. The van der Waals surface area contributed by atoms with Gasteiger partial charge in [0.25, 0.3) is 0 Å². The minimum absolute atomic E-state index is 0.0834. The fraction of sp³-hybridized carbons (Fsp3) is 0.556. The lowest BCUT2D eigenvalue weighted by Crippen LogP contribution is -2.54.